The van der Waals surface area contributed by atoms with Gasteiger partial charge in [0.25, 0.3) is 5.71 Å². The molecule has 2 rings (SSSR count). The van der Waals surface area contributed by atoms with E-state index in [1.165, 1.54) is 0 Å². The van der Waals surface area contributed by atoms with Gasteiger partial charge in [-0.1, -0.05) is 5.16 Å². The molecular weight excluding hydrogens is 180 g/mol. The van der Waals surface area contributed by atoms with E-state index in [-0.39, 0.29) is 0 Å². The highest BCUT2D eigenvalue weighted by molar-refractivity contribution is 5.92. The number of nitrogens with zero attached hydrogens (tertiary/aromatic N) is 3. The fourth-order valence-electron chi connectivity index (χ4n) is 1.28. The molecule has 0 aromatic carbocycles. The summed E-state index contributed by atoms with van der Waals surface area (Å²) in [6.07, 6.45) is 1.62. The summed E-state index contributed by atoms with van der Waals surface area (Å²) >= 11 is 0. The lowest BCUT2D eigenvalue weighted by atomic mass is 10.2. The van der Waals surface area contributed by atoms with Gasteiger partial charge in [0.2, 0.25) is 0 Å². The van der Waals surface area contributed by atoms with Gasteiger partial charge in [0.05, 0.1) is 22.6 Å². The summed E-state index contributed by atoms with van der Waals surface area (Å²) in [5.41, 5.74) is 7.52. The molecule has 5 nitrogen and oxygen atoms in total. The summed E-state index contributed by atoms with van der Waals surface area (Å²) in [5.74, 6) is 0.498. The van der Waals surface area contributed by atoms with Crippen molar-refractivity contribution < 1.29 is 4.52 Å². The first-order valence-electron chi connectivity index (χ1n) is 4.20. The first-order chi connectivity index (χ1) is 6.68. The first-order valence-corrected chi connectivity index (χ1v) is 4.20. The monoisotopic (exact) mass is 190 g/mol. The van der Waals surface area contributed by atoms with Crippen molar-refractivity contribution in [3.63, 3.8) is 0 Å². The Bertz CT molecular complexity index is 496. The van der Waals surface area contributed by atoms with Crippen molar-refractivity contribution in [1.82, 2.24) is 10.1 Å². The molecule has 2 N–H and O–H groups in total. The fourth-order valence-corrected chi connectivity index (χ4v) is 1.28. The molecule has 0 unspecified atom stereocenters. The maximum absolute atomic E-state index is 5.51. The molecule has 0 spiro atoms. The van der Waals surface area contributed by atoms with Gasteiger partial charge >= 0.3 is 0 Å². The molecule has 0 aliphatic carbocycles. The largest absolute Gasteiger partial charge is 0.387 e. The van der Waals surface area contributed by atoms with Gasteiger partial charge in [-0.25, -0.2) is 9.98 Å². The van der Waals surface area contributed by atoms with Crippen LogP contribution in [0.2, 0.25) is 0 Å². The first kappa shape index (κ1) is 8.68. The van der Waals surface area contributed by atoms with E-state index < -0.39 is 0 Å². The lowest BCUT2D eigenvalue weighted by molar-refractivity contribution is 0.443. The van der Waals surface area contributed by atoms with Crippen molar-refractivity contribution in [3.05, 3.63) is 18.0 Å². The molecule has 0 aliphatic heterocycles. The van der Waals surface area contributed by atoms with Crippen LogP contribution in [0.25, 0.3) is 11.1 Å². The molecule has 2 aromatic heterocycles. The number of aromatic nitrogens is 2. The van der Waals surface area contributed by atoms with E-state index in [9.17, 15) is 0 Å². The highest BCUT2D eigenvalue weighted by Gasteiger charge is 2.09. The van der Waals surface area contributed by atoms with Crippen molar-refractivity contribution in [3.8, 4) is 0 Å². The molecule has 0 aliphatic rings. The van der Waals surface area contributed by atoms with Crippen LogP contribution in [-0.2, 0) is 0 Å². The highest BCUT2D eigenvalue weighted by Crippen LogP contribution is 2.26. The third-order valence-corrected chi connectivity index (χ3v) is 1.82. The van der Waals surface area contributed by atoms with Crippen LogP contribution < -0.4 is 5.73 Å². The molecule has 2 aromatic rings. The second-order valence-corrected chi connectivity index (χ2v) is 3.03. The van der Waals surface area contributed by atoms with E-state index in [0.29, 0.717) is 11.5 Å². The standard InChI is InChI=1S/C9H10N4O/c1-5-8-7(12-6(2)10)3-4-11-9(8)14-13-5/h3-4H,1-2H3,(H2,10,11,12). The highest BCUT2D eigenvalue weighted by atomic mass is 16.5. The second kappa shape index (κ2) is 3.10. The number of aryl methyl sites for hydroxylation is 1. The number of hydrogen-bond donors (Lipinski definition) is 1. The zero-order valence-electron chi connectivity index (χ0n) is 7.98. The number of aliphatic imine (C=N–C) groups is 1. The molecule has 14 heavy (non-hydrogen) atoms. The van der Waals surface area contributed by atoms with Crippen LogP contribution in [0.5, 0.6) is 0 Å². The predicted molar refractivity (Wildman–Crippen MR) is 53.5 cm³/mol. The number of nitrogens with two attached hydrogens (primary N) is 1. The van der Waals surface area contributed by atoms with Crippen molar-refractivity contribution >= 4 is 22.6 Å². The van der Waals surface area contributed by atoms with Crippen molar-refractivity contribution in [2.75, 3.05) is 0 Å². The minimum Gasteiger partial charge on any atom is -0.387 e. The SMILES string of the molecule is CC(N)=Nc1ccnc2onc(C)c12. The van der Waals surface area contributed by atoms with Crippen LogP contribution >= 0.6 is 0 Å². The van der Waals surface area contributed by atoms with E-state index in [1.807, 2.05) is 6.92 Å². The second-order valence-electron chi connectivity index (χ2n) is 3.03. The van der Waals surface area contributed by atoms with E-state index in [2.05, 4.69) is 15.1 Å². The van der Waals surface area contributed by atoms with Crippen molar-refractivity contribution in [2.45, 2.75) is 13.8 Å². The van der Waals surface area contributed by atoms with Gasteiger partial charge in [-0.15, -0.1) is 0 Å². The molecule has 0 fully saturated rings. The van der Waals surface area contributed by atoms with Crippen LogP contribution in [0.3, 0.4) is 0 Å². The third-order valence-electron chi connectivity index (χ3n) is 1.82. The van der Waals surface area contributed by atoms with E-state index in [0.717, 1.165) is 16.8 Å². The molecule has 0 saturated carbocycles. The zero-order chi connectivity index (χ0) is 10.1. The summed E-state index contributed by atoms with van der Waals surface area (Å²) in [6.45, 7) is 3.58. The molecule has 0 radical (unpaired) electrons. The number of pyridine rings is 1. The number of hydrogen-bond acceptors (Lipinski definition) is 4. The zero-order valence-corrected chi connectivity index (χ0v) is 7.98. The summed E-state index contributed by atoms with van der Waals surface area (Å²) in [5, 5.41) is 4.63. The summed E-state index contributed by atoms with van der Waals surface area (Å²) in [6, 6.07) is 1.78. The van der Waals surface area contributed by atoms with Crippen LogP contribution in [0.1, 0.15) is 12.6 Å². The summed E-state index contributed by atoms with van der Waals surface area (Å²) in [4.78, 5) is 8.21. The summed E-state index contributed by atoms with van der Waals surface area (Å²) < 4.78 is 5.00. The Kier molecular flexibility index (Phi) is 1.92. The van der Waals surface area contributed by atoms with Crippen LogP contribution in [0, 0.1) is 6.92 Å². The topological polar surface area (TPSA) is 77.3 Å². The van der Waals surface area contributed by atoms with Gasteiger partial charge in [-0.3, -0.25) is 0 Å². The van der Waals surface area contributed by atoms with Gasteiger partial charge < -0.3 is 10.3 Å². The Labute approximate surface area is 80.6 Å². The van der Waals surface area contributed by atoms with E-state index in [1.54, 1.807) is 19.2 Å². The Morgan fingerprint density at radius 3 is 3.07 bits per heavy atom. The Hall–Kier alpha value is -1.91. The molecule has 0 saturated heterocycles. The average Bonchev–Trinajstić information content (AvgIpc) is 2.48. The molecular formula is C9H10N4O. The van der Waals surface area contributed by atoms with E-state index >= 15 is 0 Å². The van der Waals surface area contributed by atoms with Crippen molar-refractivity contribution in [1.29, 1.82) is 0 Å². The lowest BCUT2D eigenvalue weighted by Crippen LogP contribution is -2.03. The molecule has 0 atom stereocenters. The Balaban J connectivity index is 2.75. The molecule has 0 amide bonds. The molecule has 0 bridgehead atoms. The lowest BCUT2D eigenvalue weighted by Gasteiger charge is -1.95. The number of rotatable bonds is 1. The fraction of sp³-hybridized carbons (Fsp3) is 0.222. The normalized spacial score (nSPS) is 12.3. The van der Waals surface area contributed by atoms with Crippen LogP contribution in [-0.4, -0.2) is 16.0 Å². The van der Waals surface area contributed by atoms with E-state index in [4.69, 9.17) is 10.3 Å². The van der Waals surface area contributed by atoms with Gasteiger partial charge in [0.15, 0.2) is 0 Å². The minimum absolute atomic E-state index is 0.491. The maximum Gasteiger partial charge on any atom is 0.260 e. The Morgan fingerprint density at radius 1 is 1.57 bits per heavy atom. The molecule has 2 heterocycles. The van der Waals surface area contributed by atoms with Gasteiger partial charge in [-0.2, -0.15) is 0 Å². The van der Waals surface area contributed by atoms with Gasteiger partial charge in [0.1, 0.15) is 0 Å². The number of fused-ring (bicyclic) bond motifs is 1. The number of amidine groups is 1. The molecule has 5 heteroatoms. The minimum atomic E-state index is 0.491. The van der Waals surface area contributed by atoms with Crippen LogP contribution in [0.15, 0.2) is 21.8 Å². The van der Waals surface area contributed by atoms with Crippen LogP contribution in [0.4, 0.5) is 5.69 Å². The maximum atomic E-state index is 5.51. The average molecular weight is 190 g/mol. The van der Waals surface area contributed by atoms with Gasteiger partial charge in [-0.05, 0) is 19.9 Å². The van der Waals surface area contributed by atoms with Gasteiger partial charge in [0, 0.05) is 6.20 Å². The smallest absolute Gasteiger partial charge is 0.260 e. The quantitative estimate of drug-likeness (QED) is 0.546. The molecule has 72 valence electrons. The summed E-state index contributed by atoms with van der Waals surface area (Å²) in [7, 11) is 0. The van der Waals surface area contributed by atoms with Crippen molar-refractivity contribution in [2.24, 2.45) is 10.7 Å². The Morgan fingerprint density at radius 2 is 2.36 bits per heavy atom. The third kappa shape index (κ3) is 1.32. The predicted octanol–water partition coefficient (Wildman–Crippen LogP) is 1.54.